The maximum atomic E-state index is 11.9. The van der Waals surface area contributed by atoms with Gasteiger partial charge in [-0.1, -0.05) is 12.1 Å². The zero-order valence-electron chi connectivity index (χ0n) is 11.3. The standard InChI is InChI=1S/C11H21N3O3S/c1-5-10(15)9-8-14(13-12-9)6-7-18(16,17)11(2,3)4/h8,10,15H,5-7H2,1-4H3. The molecule has 0 aliphatic carbocycles. The average Bonchev–Trinajstić information content (AvgIpc) is 2.72. The Labute approximate surface area is 108 Å². The highest BCUT2D eigenvalue weighted by Gasteiger charge is 2.28. The molecular weight excluding hydrogens is 254 g/mol. The summed E-state index contributed by atoms with van der Waals surface area (Å²) in [6, 6.07) is 0. The zero-order valence-corrected chi connectivity index (χ0v) is 12.1. The van der Waals surface area contributed by atoms with E-state index in [0.717, 1.165) is 0 Å². The van der Waals surface area contributed by atoms with Crippen molar-refractivity contribution in [3.8, 4) is 0 Å². The maximum absolute atomic E-state index is 11.9. The average molecular weight is 275 g/mol. The Balaban J connectivity index is 2.68. The number of nitrogens with zero attached hydrogens (tertiary/aromatic N) is 3. The van der Waals surface area contributed by atoms with Gasteiger partial charge in [0.15, 0.2) is 9.84 Å². The van der Waals surface area contributed by atoms with Crippen LogP contribution in [0.3, 0.4) is 0 Å². The first-order valence-corrected chi connectivity index (χ1v) is 7.63. The first-order valence-electron chi connectivity index (χ1n) is 5.98. The van der Waals surface area contributed by atoms with Gasteiger partial charge in [0, 0.05) is 0 Å². The number of aromatic nitrogens is 3. The van der Waals surface area contributed by atoms with E-state index in [0.29, 0.717) is 12.1 Å². The van der Waals surface area contributed by atoms with Gasteiger partial charge in [0.25, 0.3) is 0 Å². The molecule has 104 valence electrons. The molecule has 0 spiro atoms. The molecule has 18 heavy (non-hydrogen) atoms. The van der Waals surface area contributed by atoms with Crippen LogP contribution in [0.4, 0.5) is 0 Å². The lowest BCUT2D eigenvalue weighted by Crippen LogP contribution is -2.32. The van der Waals surface area contributed by atoms with Crippen LogP contribution in [-0.2, 0) is 16.4 Å². The molecule has 0 aliphatic rings. The van der Waals surface area contributed by atoms with E-state index >= 15 is 0 Å². The van der Waals surface area contributed by atoms with Gasteiger partial charge in [-0.25, -0.2) is 8.42 Å². The number of sulfone groups is 1. The molecule has 0 radical (unpaired) electrons. The summed E-state index contributed by atoms with van der Waals surface area (Å²) in [5, 5.41) is 17.2. The van der Waals surface area contributed by atoms with Crippen molar-refractivity contribution in [2.75, 3.05) is 5.75 Å². The van der Waals surface area contributed by atoms with Gasteiger partial charge in [-0.3, -0.25) is 4.68 Å². The molecule has 0 bridgehead atoms. The summed E-state index contributed by atoms with van der Waals surface area (Å²) in [6.07, 6.45) is 1.50. The molecule has 1 N–H and O–H groups in total. The summed E-state index contributed by atoms with van der Waals surface area (Å²) in [6.45, 7) is 7.12. The Bertz CT molecular complexity index is 488. The first-order chi connectivity index (χ1) is 8.17. The summed E-state index contributed by atoms with van der Waals surface area (Å²) in [7, 11) is -3.16. The summed E-state index contributed by atoms with van der Waals surface area (Å²) >= 11 is 0. The van der Waals surface area contributed by atoms with E-state index in [4.69, 9.17) is 0 Å². The van der Waals surface area contributed by atoms with E-state index in [2.05, 4.69) is 10.3 Å². The van der Waals surface area contributed by atoms with Crippen molar-refractivity contribution < 1.29 is 13.5 Å². The van der Waals surface area contributed by atoms with Crippen LogP contribution in [0.5, 0.6) is 0 Å². The van der Waals surface area contributed by atoms with Crippen LogP contribution in [0.25, 0.3) is 0 Å². The molecule has 0 saturated heterocycles. The molecule has 0 saturated carbocycles. The SMILES string of the molecule is CCC(O)c1cn(CCS(=O)(=O)C(C)(C)C)nn1. The van der Waals surface area contributed by atoms with Gasteiger partial charge in [-0.15, -0.1) is 5.10 Å². The Kier molecular flexibility index (Phi) is 4.50. The second-order valence-electron chi connectivity index (χ2n) is 5.26. The maximum Gasteiger partial charge on any atom is 0.157 e. The summed E-state index contributed by atoms with van der Waals surface area (Å²) in [5.74, 6) is 0.0154. The molecule has 6 nitrogen and oxygen atoms in total. The predicted octanol–water partition coefficient (Wildman–Crippen LogP) is 0.935. The third kappa shape index (κ3) is 3.52. The molecule has 0 aliphatic heterocycles. The number of rotatable bonds is 5. The molecule has 1 unspecified atom stereocenters. The van der Waals surface area contributed by atoms with E-state index in [1.807, 2.05) is 6.92 Å². The Hall–Kier alpha value is -0.950. The van der Waals surface area contributed by atoms with E-state index < -0.39 is 20.7 Å². The van der Waals surface area contributed by atoms with Gasteiger partial charge in [0.2, 0.25) is 0 Å². The van der Waals surface area contributed by atoms with Crippen LogP contribution in [0, 0.1) is 0 Å². The lowest BCUT2D eigenvalue weighted by atomic mass is 10.2. The zero-order chi connectivity index (χ0) is 14.0. The highest BCUT2D eigenvalue weighted by Crippen LogP contribution is 2.16. The van der Waals surface area contributed by atoms with Gasteiger partial charge in [-0.05, 0) is 27.2 Å². The minimum Gasteiger partial charge on any atom is -0.387 e. The quantitative estimate of drug-likeness (QED) is 0.864. The van der Waals surface area contributed by atoms with E-state index in [1.165, 1.54) is 4.68 Å². The summed E-state index contributed by atoms with van der Waals surface area (Å²) in [5.41, 5.74) is 0.477. The lowest BCUT2D eigenvalue weighted by molar-refractivity contribution is 0.168. The monoisotopic (exact) mass is 275 g/mol. The second kappa shape index (κ2) is 5.36. The fourth-order valence-electron chi connectivity index (χ4n) is 1.30. The van der Waals surface area contributed by atoms with Crippen LogP contribution in [-0.4, -0.2) is 39.0 Å². The normalized spacial score (nSPS) is 14.7. The van der Waals surface area contributed by atoms with Crippen molar-refractivity contribution in [2.24, 2.45) is 0 Å². The molecule has 0 aromatic carbocycles. The van der Waals surface area contributed by atoms with E-state index in [9.17, 15) is 13.5 Å². The Morgan fingerprint density at radius 1 is 1.44 bits per heavy atom. The van der Waals surface area contributed by atoms with Crippen molar-refractivity contribution in [3.63, 3.8) is 0 Å². The third-order valence-corrected chi connectivity index (χ3v) is 5.39. The summed E-state index contributed by atoms with van der Waals surface area (Å²) < 4.78 is 24.5. The van der Waals surface area contributed by atoms with Crippen molar-refractivity contribution in [3.05, 3.63) is 11.9 Å². The van der Waals surface area contributed by atoms with Crippen molar-refractivity contribution >= 4 is 9.84 Å². The Morgan fingerprint density at radius 2 is 2.06 bits per heavy atom. The van der Waals surface area contributed by atoms with Gasteiger partial charge in [-0.2, -0.15) is 0 Å². The van der Waals surface area contributed by atoms with Crippen LogP contribution in [0.1, 0.15) is 45.9 Å². The van der Waals surface area contributed by atoms with Gasteiger partial charge in [0.1, 0.15) is 5.69 Å². The molecule has 1 rings (SSSR count). The lowest BCUT2D eigenvalue weighted by Gasteiger charge is -2.18. The second-order valence-corrected chi connectivity index (χ2v) is 8.12. The Morgan fingerprint density at radius 3 is 2.56 bits per heavy atom. The van der Waals surface area contributed by atoms with E-state index in [1.54, 1.807) is 27.0 Å². The van der Waals surface area contributed by atoms with Gasteiger partial charge >= 0.3 is 0 Å². The topological polar surface area (TPSA) is 85.1 Å². The van der Waals surface area contributed by atoms with Crippen LogP contribution >= 0.6 is 0 Å². The minimum absolute atomic E-state index is 0.0154. The number of aryl methyl sites for hydroxylation is 1. The molecule has 0 fully saturated rings. The molecule has 0 amide bonds. The van der Waals surface area contributed by atoms with Crippen LogP contribution in [0.15, 0.2) is 6.20 Å². The molecule has 1 aromatic rings. The first kappa shape index (κ1) is 15.1. The fraction of sp³-hybridized carbons (Fsp3) is 0.818. The largest absolute Gasteiger partial charge is 0.387 e. The molecule has 1 heterocycles. The van der Waals surface area contributed by atoms with Crippen molar-refractivity contribution in [2.45, 2.75) is 51.5 Å². The molecule has 1 atom stereocenters. The van der Waals surface area contributed by atoms with Crippen molar-refractivity contribution in [1.82, 2.24) is 15.0 Å². The van der Waals surface area contributed by atoms with Gasteiger partial charge < -0.3 is 5.11 Å². The summed E-state index contributed by atoms with van der Waals surface area (Å²) in [4.78, 5) is 0. The number of aliphatic hydroxyl groups excluding tert-OH is 1. The smallest absolute Gasteiger partial charge is 0.157 e. The highest BCUT2D eigenvalue weighted by atomic mass is 32.2. The molecular formula is C11H21N3O3S. The number of hydrogen-bond acceptors (Lipinski definition) is 5. The predicted molar refractivity (Wildman–Crippen MR) is 68.8 cm³/mol. The molecule has 1 aromatic heterocycles. The van der Waals surface area contributed by atoms with Gasteiger partial charge in [0.05, 0.1) is 29.3 Å². The minimum atomic E-state index is -3.16. The number of aliphatic hydroxyl groups is 1. The van der Waals surface area contributed by atoms with Crippen LogP contribution in [0.2, 0.25) is 0 Å². The third-order valence-electron chi connectivity index (χ3n) is 2.81. The fourth-order valence-corrected chi connectivity index (χ4v) is 2.34. The number of hydrogen-bond donors (Lipinski definition) is 1. The van der Waals surface area contributed by atoms with Crippen LogP contribution < -0.4 is 0 Å². The van der Waals surface area contributed by atoms with Crippen molar-refractivity contribution in [1.29, 1.82) is 0 Å². The molecule has 7 heteroatoms. The highest BCUT2D eigenvalue weighted by molar-refractivity contribution is 7.92. The van der Waals surface area contributed by atoms with E-state index in [-0.39, 0.29) is 12.3 Å².